The molecule has 0 fully saturated rings. The second kappa shape index (κ2) is 2.79. The van der Waals surface area contributed by atoms with Crippen LogP contribution in [0.2, 0.25) is 0 Å². The molecule has 0 aromatic carbocycles. The predicted molar refractivity (Wildman–Crippen MR) is 30.2 cm³/mol. The highest BCUT2D eigenvalue weighted by Crippen LogP contribution is 1.78. The predicted octanol–water partition coefficient (Wildman–Crippen LogP) is -1.04. The first-order valence-electron chi connectivity index (χ1n) is 1.93. The molecule has 0 unspecified atom stereocenters. The zero-order valence-electron chi connectivity index (χ0n) is 4.22. The van der Waals surface area contributed by atoms with Crippen molar-refractivity contribution in [1.29, 1.82) is 5.41 Å². The summed E-state index contributed by atoms with van der Waals surface area (Å²) in [7, 11) is 0. The molecule has 0 saturated carbocycles. The third kappa shape index (κ3) is 1.42. The molecule has 0 saturated heterocycles. The molecule has 0 rings (SSSR count). The van der Waals surface area contributed by atoms with Crippen LogP contribution in [0.4, 0.5) is 0 Å². The summed E-state index contributed by atoms with van der Waals surface area (Å²) in [5.41, 5.74) is 9.87. The average molecular weight is 113 g/mol. The van der Waals surface area contributed by atoms with Crippen LogP contribution in [-0.2, 0) is 4.79 Å². The molecule has 0 aliphatic carbocycles. The number of hydrogen-bond acceptors (Lipinski definition) is 4. The van der Waals surface area contributed by atoms with Crippen molar-refractivity contribution in [2.45, 2.75) is 0 Å². The maximum Gasteiger partial charge on any atom is 0.167 e. The van der Waals surface area contributed by atoms with Crippen LogP contribution in [0.1, 0.15) is 0 Å². The van der Waals surface area contributed by atoms with Gasteiger partial charge < -0.3 is 16.9 Å². The molecule has 0 heterocycles. The van der Waals surface area contributed by atoms with Gasteiger partial charge in [0.1, 0.15) is 0 Å². The summed E-state index contributed by atoms with van der Waals surface area (Å²) in [4.78, 5) is 9.74. The van der Waals surface area contributed by atoms with E-state index in [9.17, 15) is 4.79 Å². The van der Waals surface area contributed by atoms with Gasteiger partial charge in [0.05, 0.1) is 11.4 Å². The van der Waals surface area contributed by atoms with E-state index in [0.717, 1.165) is 6.21 Å². The smallest absolute Gasteiger partial charge is 0.167 e. The summed E-state index contributed by atoms with van der Waals surface area (Å²) in [6, 6.07) is 0. The summed E-state index contributed by atoms with van der Waals surface area (Å²) in [6.45, 7) is 0. The Labute approximate surface area is 46.7 Å². The first kappa shape index (κ1) is 6.68. The van der Waals surface area contributed by atoms with Crippen LogP contribution < -0.4 is 11.5 Å². The Kier molecular flexibility index (Phi) is 2.33. The van der Waals surface area contributed by atoms with Crippen LogP contribution in [0, 0.1) is 5.41 Å². The fourth-order valence-corrected chi connectivity index (χ4v) is 0.151. The fraction of sp³-hybridized carbons (Fsp3) is 0. The summed E-state index contributed by atoms with van der Waals surface area (Å²) in [6.07, 6.45) is 1.23. The van der Waals surface area contributed by atoms with Crippen LogP contribution >= 0.6 is 0 Å². The minimum atomic E-state index is -0.0972. The largest absolute Gasteiger partial charge is 0.396 e. The molecule has 4 heteroatoms. The van der Waals surface area contributed by atoms with E-state index in [1.54, 1.807) is 0 Å². The van der Waals surface area contributed by atoms with E-state index in [1.165, 1.54) is 0 Å². The number of carbonyl (C=O) groups excluding carboxylic acids is 1. The highest BCUT2D eigenvalue weighted by atomic mass is 16.1. The lowest BCUT2D eigenvalue weighted by Crippen LogP contribution is -2.10. The Morgan fingerprint density at radius 3 is 2.00 bits per heavy atom. The van der Waals surface area contributed by atoms with Crippen molar-refractivity contribution in [2.75, 3.05) is 0 Å². The zero-order valence-corrected chi connectivity index (χ0v) is 4.22. The van der Waals surface area contributed by atoms with Gasteiger partial charge in [-0.25, -0.2) is 0 Å². The van der Waals surface area contributed by atoms with Crippen LogP contribution in [0.15, 0.2) is 11.4 Å². The summed E-state index contributed by atoms with van der Waals surface area (Å²) >= 11 is 0. The SMILES string of the molecule is N=C/C(N)=C(\N)C=O. The molecule has 0 atom stereocenters. The Hall–Kier alpha value is -1.32. The fourth-order valence-electron chi connectivity index (χ4n) is 0.151. The molecule has 0 amide bonds. The van der Waals surface area contributed by atoms with Crippen molar-refractivity contribution in [2.24, 2.45) is 11.5 Å². The van der Waals surface area contributed by atoms with Crippen molar-refractivity contribution in [3.05, 3.63) is 11.4 Å². The maximum atomic E-state index is 9.74. The Balaban J connectivity index is 4.25. The minimum absolute atomic E-state index is 0.000000000000000222. The van der Waals surface area contributed by atoms with Gasteiger partial charge in [0.2, 0.25) is 0 Å². The van der Waals surface area contributed by atoms with Crippen LogP contribution in [0.3, 0.4) is 0 Å². The van der Waals surface area contributed by atoms with Gasteiger partial charge in [0.25, 0.3) is 0 Å². The normalized spacial score (nSPS) is 12.0. The number of allylic oxidation sites excluding steroid dienone is 2. The maximum absolute atomic E-state index is 9.74. The number of nitrogens with one attached hydrogen (secondary N) is 1. The number of aldehydes is 1. The van der Waals surface area contributed by atoms with Gasteiger partial charge in [-0.05, 0) is 0 Å². The van der Waals surface area contributed by atoms with Gasteiger partial charge in [-0.2, -0.15) is 0 Å². The van der Waals surface area contributed by atoms with Crippen molar-refractivity contribution in [3.63, 3.8) is 0 Å². The van der Waals surface area contributed by atoms with Gasteiger partial charge in [0.15, 0.2) is 6.29 Å². The lowest BCUT2D eigenvalue weighted by atomic mass is 10.4. The van der Waals surface area contributed by atoms with Crippen molar-refractivity contribution in [1.82, 2.24) is 0 Å². The molecule has 0 aromatic heterocycles. The lowest BCUT2D eigenvalue weighted by molar-refractivity contribution is -0.105. The van der Waals surface area contributed by atoms with E-state index >= 15 is 0 Å². The van der Waals surface area contributed by atoms with E-state index in [1.807, 2.05) is 0 Å². The molecule has 0 aliphatic rings. The Morgan fingerprint density at radius 1 is 1.38 bits per heavy atom. The van der Waals surface area contributed by atoms with E-state index in [-0.39, 0.29) is 11.4 Å². The van der Waals surface area contributed by atoms with Gasteiger partial charge in [-0.15, -0.1) is 0 Å². The molecule has 4 nitrogen and oxygen atoms in total. The van der Waals surface area contributed by atoms with Gasteiger partial charge in [0, 0.05) is 6.21 Å². The Morgan fingerprint density at radius 2 is 1.88 bits per heavy atom. The number of hydrogen-bond donors (Lipinski definition) is 3. The number of nitrogens with two attached hydrogens (primary N) is 2. The van der Waals surface area contributed by atoms with Crippen molar-refractivity contribution in [3.8, 4) is 0 Å². The highest BCUT2D eigenvalue weighted by Gasteiger charge is 1.88. The monoisotopic (exact) mass is 113 g/mol. The second-order valence-electron chi connectivity index (χ2n) is 1.17. The molecule has 0 bridgehead atoms. The van der Waals surface area contributed by atoms with Crippen molar-refractivity contribution >= 4 is 12.5 Å². The van der Waals surface area contributed by atoms with Crippen molar-refractivity contribution < 1.29 is 4.79 Å². The zero-order chi connectivity index (χ0) is 6.57. The molecule has 5 N–H and O–H groups in total. The summed E-state index contributed by atoms with van der Waals surface area (Å²) in [5, 5.41) is 6.50. The van der Waals surface area contributed by atoms with Gasteiger partial charge in [-0.3, -0.25) is 4.79 Å². The summed E-state index contributed by atoms with van der Waals surface area (Å²) in [5.74, 6) is 0. The third-order valence-electron chi connectivity index (χ3n) is 0.616. The minimum Gasteiger partial charge on any atom is -0.396 e. The molecule has 0 spiro atoms. The van der Waals surface area contributed by atoms with E-state index < -0.39 is 0 Å². The quantitative estimate of drug-likeness (QED) is 0.242. The summed E-state index contributed by atoms with van der Waals surface area (Å²) < 4.78 is 0. The molecular weight excluding hydrogens is 106 g/mol. The van der Waals surface area contributed by atoms with E-state index in [2.05, 4.69) is 0 Å². The Bertz CT molecular complexity index is 122. The van der Waals surface area contributed by atoms with Crippen LogP contribution in [-0.4, -0.2) is 12.5 Å². The second-order valence-corrected chi connectivity index (χ2v) is 1.17. The van der Waals surface area contributed by atoms with E-state index in [0.29, 0.717) is 6.29 Å². The molecular formula is C4H7N3O. The average Bonchev–Trinajstić information content (AvgIpc) is 1.84. The van der Waals surface area contributed by atoms with Gasteiger partial charge >= 0.3 is 0 Å². The standard InChI is InChI=1S/C4H7N3O/c5-1-3(6)4(7)2-8/h1-2,5H,6-7H2/b4-3+,5-1?. The first-order chi connectivity index (χ1) is 3.72. The number of carbonyl (C=O) groups is 1. The molecule has 0 radical (unpaired) electrons. The molecule has 0 aromatic rings. The third-order valence-corrected chi connectivity index (χ3v) is 0.616. The molecule has 44 valence electrons. The lowest BCUT2D eigenvalue weighted by Gasteiger charge is -1.89. The highest BCUT2D eigenvalue weighted by molar-refractivity contribution is 5.85. The first-order valence-corrected chi connectivity index (χ1v) is 1.93. The number of rotatable bonds is 2. The van der Waals surface area contributed by atoms with Crippen LogP contribution in [0.25, 0.3) is 0 Å². The molecule has 8 heavy (non-hydrogen) atoms. The topological polar surface area (TPSA) is 93.0 Å². The van der Waals surface area contributed by atoms with Crippen LogP contribution in [0.5, 0.6) is 0 Å². The molecule has 0 aliphatic heterocycles. The van der Waals surface area contributed by atoms with Gasteiger partial charge in [-0.1, -0.05) is 0 Å². The van der Waals surface area contributed by atoms with E-state index in [4.69, 9.17) is 16.9 Å².